The second kappa shape index (κ2) is 13.1. The highest BCUT2D eigenvalue weighted by molar-refractivity contribution is 7.99. The number of ketones is 2. The van der Waals surface area contributed by atoms with Crippen LogP contribution in [0.5, 0.6) is 0 Å². The fourth-order valence-corrected chi connectivity index (χ4v) is 7.42. The summed E-state index contributed by atoms with van der Waals surface area (Å²) in [7, 11) is 0. The maximum Gasteiger partial charge on any atom is 0.331 e. The van der Waals surface area contributed by atoms with Crippen LogP contribution in [-0.4, -0.2) is 66.5 Å². The molecule has 2 heterocycles. The molecule has 1 aliphatic carbocycles. The molecule has 0 amide bonds. The molecule has 0 N–H and O–H groups in total. The molecule has 0 radical (unpaired) electrons. The summed E-state index contributed by atoms with van der Waals surface area (Å²) in [6.45, 7) is 10.8. The summed E-state index contributed by atoms with van der Waals surface area (Å²) in [5, 5.41) is 4.02. The van der Waals surface area contributed by atoms with Gasteiger partial charge in [0.15, 0.2) is 5.78 Å². The number of hydrogen-bond acceptors (Lipinski definition) is 9. The zero-order valence-corrected chi connectivity index (χ0v) is 25.9. The minimum Gasteiger partial charge on any atom is -0.379 e. The standard InChI is InChI=1S/C33H41N3O5S/c1-5-36-27-13-11-24(31(38)26(34-41-22(2)37)19-23-9-7-6-8-10-23)20-29(27)42-30-21-25(12-14-28(30)36)32(39)33(3,4)35-15-17-40-18-16-35/h11-14,20-21,23H,5-10,15-19H2,1-4H3/b34-26+. The smallest absolute Gasteiger partial charge is 0.331 e. The van der Waals surface area contributed by atoms with Gasteiger partial charge in [0, 0.05) is 47.5 Å². The van der Waals surface area contributed by atoms with E-state index >= 15 is 0 Å². The van der Waals surface area contributed by atoms with Gasteiger partial charge in [-0.3, -0.25) is 14.5 Å². The van der Waals surface area contributed by atoms with Crippen LogP contribution in [0.3, 0.4) is 0 Å². The fourth-order valence-electron chi connectivity index (χ4n) is 6.25. The maximum absolute atomic E-state index is 13.7. The van der Waals surface area contributed by atoms with E-state index in [4.69, 9.17) is 9.57 Å². The lowest BCUT2D eigenvalue weighted by Gasteiger charge is -2.39. The number of carbonyl (C=O) groups excluding carboxylic acids is 3. The first-order valence-electron chi connectivity index (χ1n) is 15.1. The van der Waals surface area contributed by atoms with E-state index in [1.54, 1.807) is 11.8 Å². The number of nitrogens with zero attached hydrogens (tertiary/aromatic N) is 3. The van der Waals surface area contributed by atoms with E-state index in [1.807, 2.05) is 50.2 Å². The molecule has 9 heteroatoms. The lowest BCUT2D eigenvalue weighted by Crippen LogP contribution is -2.54. The highest BCUT2D eigenvalue weighted by Crippen LogP contribution is 2.49. The molecule has 0 spiro atoms. The Morgan fingerprint density at radius 3 is 2.21 bits per heavy atom. The molecule has 1 saturated heterocycles. The summed E-state index contributed by atoms with van der Waals surface area (Å²) < 4.78 is 5.50. The second-order valence-electron chi connectivity index (χ2n) is 11.9. The maximum atomic E-state index is 13.7. The summed E-state index contributed by atoms with van der Waals surface area (Å²) in [6.07, 6.45) is 6.13. The number of oxime groups is 1. The predicted octanol–water partition coefficient (Wildman–Crippen LogP) is 6.67. The Hall–Kier alpha value is -3.01. The Balaban J connectivity index is 1.42. The minimum absolute atomic E-state index is 0.0830. The summed E-state index contributed by atoms with van der Waals surface area (Å²) in [5.74, 6) is -0.304. The lowest BCUT2D eigenvalue weighted by molar-refractivity contribution is -0.140. The monoisotopic (exact) mass is 591 g/mol. The molecule has 0 bridgehead atoms. The first-order chi connectivity index (χ1) is 20.2. The Kier molecular flexibility index (Phi) is 9.50. The van der Waals surface area contributed by atoms with Gasteiger partial charge < -0.3 is 14.5 Å². The van der Waals surface area contributed by atoms with Gasteiger partial charge in [-0.05, 0) is 69.5 Å². The summed E-state index contributed by atoms with van der Waals surface area (Å²) in [5.41, 5.74) is 2.91. The molecule has 0 aromatic heterocycles. The molecule has 42 heavy (non-hydrogen) atoms. The molecule has 1 saturated carbocycles. The molecule has 2 aromatic rings. The van der Waals surface area contributed by atoms with E-state index in [-0.39, 0.29) is 11.6 Å². The number of ether oxygens (including phenoxy) is 1. The van der Waals surface area contributed by atoms with E-state index in [2.05, 4.69) is 21.9 Å². The second-order valence-corrected chi connectivity index (χ2v) is 12.9. The summed E-state index contributed by atoms with van der Waals surface area (Å²) >= 11 is 1.57. The van der Waals surface area contributed by atoms with Gasteiger partial charge in [0.2, 0.25) is 5.78 Å². The van der Waals surface area contributed by atoms with Crippen molar-refractivity contribution in [1.82, 2.24) is 4.90 Å². The fraction of sp³-hybridized carbons (Fsp3) is 0.515. The van der Waals surface area contributed by atoms with Crippen LogP contribution in [0.1, 0.15) is 86.9 Å². The quantitative estimate of drug-likeness (QED) is 0.138. The number of rotatable bonds is 9. The van der Waals surface area contributed by atoms with Crippen molar-refractivity contribution in [2.45, 2.75) is 81.5 Å². The molecular weight excluding hydrogens is 550 g/mol. The zero-order chi connectivity index (χ0) is 29.9. The summed E-state index contributed by atoms with van der Waals surface area (Å²) in [4.78, 5) is 50.3. The molecule has 5 rings (SSSR count). The van der Waals surface area contributed by atoms with Crippen molar-refractivity contribution < 1.29 is 24.0 Å². The van der Waals surface area contributed by atoms with Gasteiger partial charge in [-0.25, -0.2) is 4.79 Å². The first kappa shape index (κ1) is 30.4. The highest BCUT2D eigenvalue weighted by Gasteiger charge is 2.37. The predicted molar refractivity (Wildman–Crippen MR) is 165 cm³/mol. The Labute approximate surface area is 252 Å². The van der Waals surface area contributed by atoms with Crippen LogP contribution in [0.4, 0.5) is 11.4 Å². The van der Waals surface area contributed by atoms with Crippen molar-refractivity contribution in [3.8, 4) is 0 Å². The lowest BCUT2D eigenvalue weighted by atomic mass is 9.84. The van der Waals surface area contributed by atoms with Crippen molar-refractivity contribution in [3.63, 3.8) is 0 Å². The van der Waals surface area contributed by atoms with Crippen LogP contribution in [0, 0.1) is 5.92 Å². The van der Waals surface area contributed by atoms with Crippen molar-refractivity contribution in [3.05, 3.63) is 47.5 Å². The molecular formula is C33H41N3O5S. The van der Waals surface area contributed by atoms with Crippen LogP contribution in [0.25, 0.3) is 0 Å². The van der Waals surface area contributed by atoms with Crippen LogP contribution in [0.2, 0.25) is 0 Å². The van der Waals surface area contributed by atoms with Gasteiger partial charge in [0.1, 0.15) is 5.71 Å². The molecule has 2 aromatic carbocycles. The highest BCUT2D eigenvalue weighted by atomic mass is 32.2. The molecule has 2 fully saturated rings. The van der Waals surface area contributed by atoms with Gasteiger partial charge in [-0.15, -0.1) is 0 Å². The van der Waals surface area contributed by atoms with Gasteiger partial charge in [0.25, 0.3) is 0 Å². The van der Waals surface area contributed by atoms with Gasteiger partial charge in [-0.2, -0.15) is 0 Å². The SMILES string of the molecule is CCN1c2ccc(C(=O)/C(CC3CCCCC3)=N/OC(C)=O)cc2Sc2cc(C(=O)C(C)(C)N3CCOCC3)ccc21. The number of Topliss-reactive ketones (excluding diaryl/α,β-unsaturated/α-hetero) is 2. The largest absolute Gasteiger partial charge is 0.379 e. The van der Waals surface area contributed by atoms with Crippen molar-refractivity contribution in [2.75, 3.05) is 37.7 Å². The third-order valence-corrected chi connectivity index (χ3v) is 9.77. The van der Waals surface area contributed by atoms with Crippen LogP contribution < -0.4 is 4.90 Å². The van der Waals surface area contributed by atoms with E-state index < -0.39 is 11.5 Å². The first-order valence-corrected chi connectivity index (χ1v) is 15.9. The molecule has 3 aliphatic rings. The van der Waals surface area contributed by atoms with Crippen LogP contribution in [-0.2, 0) is 14.4 Å². The zero-order valence-electron chi connectivity index (χ0n) is 25.1. The Morgan fingerprint density at radius 2 is 1.60 bits per heavy atom. The number of anilines is 2. The van der Waals surface area contributed by atoms with Gasteiger partial charge in [-0.1, -0.05) is 49.0 Å². The van der Waals surface area contributed by atoms with E-state index in [1.165, 1.54) is 13.3 Å². The van der Waals surface area contributed by atoms with E-state index in [0.717, 1.165) is 66.5 Å². The van der Waals surface area contributed by atoms with Crippen molar-refractivity contribution in [2.24, 2.45) is 11.1 Å². The average Bonchev–Trinajstić information content (AvgIpc) is 3.01. The molecule has 8 nitrogen and oxygen atoms in total. The topological polar surface area (TPSA) is 88.5 Å². The van der Waals surface area contributed by atoms with Crippen molar-refractivity contribution >= 4 is 46.4 Å². The third-order valence-electron chi connectivity index (χ3n) is 8.67. The molecule has 2 aliphatic heterocycles. The Morgan fingerprint density at radius 1 is 0.976 bits per heavy atom. The summed E-state index contributed by atoms with van der Waals surface area (Å²) in [6, 6.07) is 11.7. The van der Waals surface area contributed by atoms with Gasteiger partial charge >= 0.3 is 5.97 Å². The third kappa shape index (κ3) is 6.48. The normalized spacial score (nSPS) is 18.3. The average molecular weight is 592 g/mol. The van der Waals surface area contributed by atoms with Crippen molar-refractivity contribution in [1.29, 1.82) is 0 Å². The number of benzene rings is 2. The number of carbonyl (C=O) groups is 3. The van der Waals surface area contributed by atoms with Gasteiger partial charge in [0.05, 0.1) is 30.1 Å². The molecule has 0 unspecified atom stereocenters. The number of hydrogen-bond donors (Lipinski definition) is 0. The van der Waals surface area contributed by atoms with Crippen LogP contribution >= 0.6 is 11.8 Å². The Bertz CT molecular complexity index is 1380. The van der Waals surface area contributed by atoms with E-state index in [0.29, 0.717) is 42.4 Å². The minimum atomic E-state index is -0.644. The number of fused-ring (bicyclic) bond motifs is 2. The number of morpholine rings is 1. The van der Waals surface area contributed by atoms with E-state index in [9.17, 15) is 14.4 Å². The molecule has 0 atom stereocenters. The van der Waals surface area contributed by atoms with Crippen LogP contribution in [0.15, 0.2) is 51.3 Å². The molecule has 224 valence electrons.